The maximum Gasteiger partial charge on any atom is 0.338 e. The minimum absolute atomic E-state index is 0.0617. The molecule has 1 rings (SSSR count). The van der Waals surface area contributed by atoms with Crippen molar-refractivity contribution in [1.82, 2.24) is 0 Å². The molecule has 0 bridgehead atoms. The van der Waals surface area contributed by atoms with E-state index in [0.717, 1.165) is 25.7 Å². The van der Waals surface area contributed by atoms with Crippen molar-refractivity contribution in [1.29, 1.82) is 0 Å². The number of hydrogen-bond donors (Lipinski definition) is 0. The minimum Gasteiger partial charge on any atom is -0.459 e. The van der Waals surface area contributed by atoms with Crippen molar-refractivity contribution < 1.29 is 9.53 Å². The molecule has 0 saturated carbocycles. The monoisotopic (exact) mass is 219 g/mol. The predicted molar refractivity (Wildman–Crippen MR) is 64.3 cm³/mol. The van der Waals surface area contributed by atoms with Crippen LogP contribution in [0.5, 0.6) is 0 Å². The summed E-state index contributed by atoms with van der Waals surface area (Å²) >= 11 is 0. The summed E-state index contributed by atoms with van der Waals surface area (Å²) in [7, 11) is 0. The SMILES string of the molecule is CCCC(CCC)OC(=O)c1cc[c]cc1. The van der Waals surface area contributed by atoms with Crippen molar-refractivity contribution in [3.63, 3.8) is 0 Å². The maximum atomic E-state index is 11.8. The Morgan fingerprint density at radius 2 is 1.81 bits per heavy atom. The molecule has 0 aliphatic heterocycles. The number of benzene rings is 1. The zero-order valence-corrected chi connectivity index (χ0v) is 10.0. The van der Waals surface area contributed by atoms with Crippen LogP contribution in [0.4, 0.5) is 0 Å². The van der Waals surface area contributed by atoms with Gasteiger partial charge in [-0.15, -0.1) is 0 Å². The van der Waals surface area contributed by atoms with Gasteiger partial charge in [0.25, 0.3) is 0 Å². The van der Waals surface area contributed by atoms with Crippen LogP contribution < -0.4 is 0 Å². The fraction of sp³-hybridized carbons (Fsp3) is 0.500. The molecule has 0 unspecified atom stereocenters. The number of carbonyl (C=O) groups is 1. The number of carbonyl (C=O) groups excluding carboxylic acids is 1. The third-order valence-corrected chi connectivity index (χ3v) is 2.45. The van der Waals surface area contributed by atoms with Crippen molar-refractivity contribution in [2.24, 2.45) is 0 Å². The second-order valence-corrected chi connectivity index (χ2v) is 3.89. The number of rotatable bonds is 6. The highest BCUT2D eigenvalue weighted by atomic mass is 16.5. The highest BCUT2D eigenvalue weighted by Gasteiger charge is 2.13. The molecule has 0 amide bonds. The van der Waals surface area contributed by atoms with Crippen LogP contribution in [-0.2, 0) is 4.74 Å². The van der Waals surface area contributed by atoms with E-state index in [2.05, 4.69) is 19.9 Å². The second-order valence-electron chi connectivity index (χ2n) is 3.89. The fourth-order valence-electron chi connectivity index (χ4n) is 1.65. The van der Waals surface area contributed by atoms with Gasteiger partial charge in [-0.3, -0.25) is 0 Å². The smallest absolute Gasteiger partial charge is 0.338 e. The molecule has 0 atom stereocenters. The molecule has 2 heteroatoms. The Morgan fingerprint density at radius 1 is 1.25 bits per heavy atom. The van der Waals surface area contributed by atoms with Crippen LogP contribution in [0.1, 0.15) is 49.9 Å². The van der Waals surface area contributed by atoms with Crippen LogP contribution in [0.25, 0.3) is 0 Å². The molecule has 0 spiro atoms. The zero-order chi connectivity index (χ0) is 11.8. The molecule has 1 radical (unpaired) electrons. The normalized spacial score (nSPS) is 10.4. The molecule has 0 aliphatic rings. The van der Waals surface area contributed by atoms with Gasteiger partial charge in [-0.25, -0.2) is 4.79 Å². The van der Waals surface area contributed by atoms with E-state index in [1.54, 1.807) is 24.3 Å². The molecule has 0 aliphatic carbocycles. The summed E-state index contributed by atoms with van der Waals surface area (Å²) in [6, 6.07) is 9.81. The molecule has 0 saturated heterocycles. The lowest BCUT2D eigenvalue weighted by molar-refractivity contribution is 0.0258. The summed E-state index contributed by atoms with van der Waals surface area (Å²) in [5.41, 5.74) is 0.607. The van der Waals surface area contributed by atoms with E-state index in [9.17, 15) is 4.79 Å². The summed E-state index contributed by atoms with van der Waals surface area (Å²) in [5, 5.41) is 0. The molecule has 1 aromatic carbocycles. The Labute approximate surface area is 97.6 Å². The Morgan fingerprint density at radius 3 is 2.31 bits per heavy atom. The van der Waals surface area contributed by atoms with E-state index in [-0.39, 0.29) is 12.1 Å². The van der Waals surface area contributed by atoms with Gasteiger partial charge < -0.3 is 4.74 Å². The van der Waals surface area contributed by atoms with E-state index >= 15 is 0 Å². The van der Waals surface area contributed by atoms with Crippen molar-refractivity contribution in [3.8, 4) is 0 Å². The third-order valence-electron chi connectivity index (χ3n) is 2.45. The molecule has 0 N–H and O–H groups in total. The van der Waals surface area contributed by atoms with Gasteiger partial charge in [0, 0.05) is 0 Å². The molecular formula is C14H19O2. The first kappa shape index (κ1) is 12.8. The first-order valence-corrected chi connectivity index (χ1v) is 5.95. The summed E-state index contributed by atoms with van der Waals surface area (Å²) in [5.74, 6) is -0.221. The van der Waals surface area contributed by atoms with Crippen molar-refractivity contribution in [2.75, 3.05) is 0 Å². The maximum absolute atomic E-state index is 11.8. The quantitative estimate of drug-likeness (QED) is 0.683. The lowest BCUT2D eigenvalue weighted by Crippen LogP contribution is -2.18. The van der Waals surface area contributed by atoms with Gasteiger partial charge in [0.05, 0.1) is 5.56 Å². The third kappa shape index (κ3) is 4.05. The van der Waals surface area contributed by atoms with E-state index in [1.807, 2.05) is 0 Å². The van der Waals surface area contributed by atoms with E-state index in [0.29, 0.717) is 5.56 Å². The van der Waals surface area contributed by atoms with Crippen LogP contribution in [0.2, 0.25) is 0 Å². The van der Waals surface area contributed by atoms with Gasteiger partial charge in [-0.1, -0.05) is 38.8 Å². The number of ether oxygens (including phenoxy) is 1. The van der Waals surface area contributed by atoms with Crippen LogP contribution in [0.3, 0.4) is 0 Å². The average molecular weight is 219 g/mol. The van der Waals surface area contributed by atoms with Crippen LogP contribution in [0, 0.1) is 6.07 Å². The zero-order valence-electron chi connectivity index (χ0n) is 10.0. The van der Waals surface area contributed by atoms with Gasteiger partial charge in [-0.2, -0.15) is 0 Å². The van der Waals surface area contributed by atoms with E-state index in [1.165, 1.54) is 0 Å². The van der Waals surface area contributed by atoms with Gasteiger partial charge in [0.2, 0.25) is 0 Å². The Hall–Kier alpha value is -1.31. The largest absolute Gasteiger partial charge is 0.459 e. The lowest BCUT2D eigenvalue weighted by atomic mass is 10.1. The summed E-state index contributed by atoms with van der Waals surface area (Å²) in [4.78, 5) is 11.8. The minimum atomic E-state index is -0.221. The van der Waals surface area contributed by atoms with Gasteiger partial charge in [0.1, 0.15) is 6.10 Å². The van der Waals surface area contributed by atoms with Gasteiger partial charge >= 0.3 is 5.97 Å². The van der Waals surface area contributed by atoms with E-state index < -0.39 is 0 Å². The lowest BCUT2D eigenvalue weighted by Gasteiger charge is -2.16. The predicted octanol–water partition coefficient (Wildman–Crippen LogP) is 3.61. The van der Waals surface area contributed by atoms with Crippen LogP contribution in [-0.4, -0.2) is 12.1 Å². The molecule has 1 aromatic rings. The summed E-state index contributed by atoms with van der Waals surface area (Å²) in [6.45, 7) is 4.21. The summed E-state index contributed by atoms with van der Waals surface area (Å²) in [6.07, 6.45) is 4.03. The first-order valence-electron chi connectivity index (χ1n) is 5.95. The topological polar surface area (TPSA) is 26.3 Å². The molecule has 87 valence electrons. The Balaban J connectivity index is 2.54. The molecular weight excluding hydrogens is 200 g/mol. The average Bonchev–Trinajstić information content (AvgIpc) is 2.31. The highest BCUT2D eigenvalue weighted by molar-refractivity contribution is 5.89. The summed E-state index contributed by atoms with van der Waals surface area (Å²) < 4.78 is 5.46. The Bertz CT molecular complexity index is 300. The van der Waals surface area contributed by atoms with Crippen LogP contribution >= 0.6 is 0 Å². The number of hydrogen-bond acceptors (Lipinski definition) is 2. The highest BCUT2D eigenvalue weighted by Crippen LogP contribution is 2.12. The van der Waals surface area contributed by atoms with Crippen LogP contribution in [0.15, 0.2) is 24.3 Å². The number of esters is 1. The molecule has 16 heavy (non-hydrogen) atoms. The Kier molecular flexibility index (Phi) is 5.62. The molecule has 0 fully saturated rings. The van der Waals surface area contributed by atoms with Gasteiger partial charge in [-0.05, 0) is 31.0 Å². The molecule has 0 aromatic heterocycles. The van der Waals surface area contributed by atoms with Crippen molar-refractivity contribution in [2.45, 2.75) is 45.6 Å². The van der Waals surface area contributed by atoms with Gasteiger partial charge in [0.15, 0.2) is 0 Å². The van der Waals surface area contributed by atoms with Crippen molar-refractivity contribution in [3.05, 3.63) is 35.9 Å². The van der Waals surface area contributed by atoms with E-state index in [4.69, 9.17) is 4.74 Å². The fourth-order valence-corrected chi connectivity index (χ4v) is 1.65. The standard InChI is InChI=1S/C14H19O2/c1-3-8-13(9-4-2)16-14(15)12-10-6-5-7-11-12/h6-7,10-11,13H,3-4,8-9H2,1-2H3. The first-order chi connectivity index (χ1) is 7.77. The van der Waals surface area contributed by atoms with Crippen molar-refractivity contribution >= 4 is 5.97 Å². The molecule has 2 nitrogen and oxygen atoms in total. The molecule has 0 heterocycles. The second kappa shape index (κ2) is 7.04.